The summed E-state index contributed by atoms with van der Waals surface area (Å²) in [6.07, 6.45) is 12.9. The Hall–Kier alpha value is -1.06. The van der Waals surface area contributed by atoms with Gasteiger partial charge in [0.2, 0.25) is 11.8 Å². The molecule has 4 nitrogen and oxygen atoms in total. The lowest BCUT2D eigenvalue weighted by Crippen LogP contribution is -2.45. The lowest BCUT2D eigenvalue weighted by atomic mass is 9.83. The summed E-state index contributed by atoms with van der Waals surface area (Å²) in [5, 5.41) is 7.28. The van der Waals surface area contributed by atoms with Gasteiger partial charge in [-0.2, -0.15) is 0 Å². The van der Waals surface area contributed by atoms with E-state index in [1.807, 2.05) is 0 Å². The fourth-order valence-electron chi connectivity index (χ4n) is 4.29. The molecule has 112 valence electrons. The van der Waals surface area contributed by atoms with Gasteiger partial charge in [0, 0.05) is 0 Å². The molecule has 2 saturated heterocycles. The maximum Gasteiger partial charge on any atom is 0.249 e. The lowest BCUT2D eigenvalue weighted by molar-refractivity contribution is 0.167. The normalized spacial score (nSPS) is 34.4. The van der Waals surface area contributed by atoms with Crippen molar-refractivity contribution in [3.8, 4) is 0 Å². The van der Waals surface area contributed by atoms with Gasteiger partial charge in [-0.05, 0) is 25.7 Å². The molecule has 0 unspecified atom stereocenters. The average molecular weight is 278 g/mol. The van der Waals surface area contributed by atoms with Crippen LogP contribution >= 0.6 is 0 Å². The van der Waals surface area contributed by atoms with Crippen LogP contribution in [0.4, 0.5) is 0 Å². The van der Waals surface area contributed by atoms with Crippen LogP contribution in [0.15, 0.2) is 11.8 Å². The van der Waals surface area contributed by atoms with Crippen LogP contribution < -0.4 is 10.6 Å². The lowest BCUT2D eigenvalue weighted by Gasteiger charge is -2.31. The maximum atomic E-state index is 5.95. The third-order valence-corrected chi connectivity index (χ3v) is 5.57. The topological polar surface area (TPSA) is 42.5 Å². The van der Waals surface area contributed by atoms with Gasteiger partial charge in [-0.15, -0.1) is 0 Å². The molecule has 2 N–H and O–H groups in total. The Labute approximate surface area is 121 Å². The molecule has 0 aromatic carbocycles. The zero-order valence-corrected chi connectivity index (χ0v) is 12.3. The summed E-state index contributed by atoms with van der Waals surface area (Å²) in [7, 11) is 0. The minimum absolute atomic E-state index is 0.188. The van der Waals surface area contributed by atoms with Crippen LogP contribution in [0.1, 0.15) is 64.2 Å². The number of ether oxygens (including phenoxy) is 2. The molecular weight excluding hydrogens is 252 g/mol. The molecule has 20 heavy (non-hydrogen) atoms. The highest BCUT2D eigenvalue weighted by Crippen LogP contribution is 2.37. The molecule has 2 saturated carbocycles. The molecule has 4 aliphatic rings. The molecule has 0 amide bonds. The second-order valence-electron chi connectivity index (χ2n) is 7.17. The Bertz CT molecular complexity index is 369. The smallest absolute Gasteiger partial charge is 0.249 e. The fraction of sp³-hybridized carbons (Fsp3) is 0.875. The van der Waals surface area contributed by atoms with Gasteiger partial charge < -0.3 is 20.1 Å². The Balaban J connectivity index is 1.47. The van der Waals surface area contributed by atoms with Gasteiger partial charge in [0.05, 0.1) is 11.1 Å². The van der Waals surface area contributed by atoms with Crippen molar-refractivity contribution >= 4 is 0 Å². The highest BCUT2D eigenvalue weighted by molar-refractivity contribution is 5.15. The van der Waals surface area contributed by atoms with E-state index in [-0.39, 0.29) is 11.1 Å². The Morgan fingerprint density at radius 2 is 1.00 bits per heavy atom. The third kappa shape index (κ3) is 2.13. The van der Waals surface area contributed by atoms with Crippen molar-refractivity contribution in [2.45, 2.75) is 75.3 Å². The molecule has 4 heteroatoms. The monoisotopic (exact) mass is 278 g/mol. The summed E-state index contributed by atoms with van der Waals surface area (Å²) >= 11 is 0. The van der Waals surface area contributed by atoms with Crippen LogP contribution in [0, 0.1) is 0 Å². The molecule has 0 aromatic rings. The quantitative estimate of drug-likeness (QED) is 0.715. The molecule has 4 rings (SSSR count). The molecule has 2 aliphatic carbocycles. The molecule has 2 aliphatic heterocycles. The molecule has 0 atom stereocenters. The summed E-state index contributed by atoms with van der Waals surface area (Å²) in [5.41, 5.74) is 0.377. The summed E-state index contributed by atoms with van der Waals surface area (Å²) in [5.74, 6) is 1.74. The zero-order valence-electron chi connectivity index (χ0n) is 12.3. The molecule has 2 spiro atoms. The van der Waals surface area contributed by atoms with Crippen molar-refractivity contribution in [3.63, 3.8) is 0 Å². The van der Waals surface area contributed by atoms with Crippen LogP contribution in [-0.4, -0.2) is 24.3 Å². The minimum Gasteiger partial charge on any atom is -0.473 e. The summed E-state index contributed by atoms with van der Waals surface area (Å²) < 4.78 is 11.9. The SMILES string of the molecule is C1CCC2(CC1)CO/C(=C1/NC3(CCCCC3)CO1)N2. The first-order valence-corrected chi connectivity index (χ1v) is 8.36. The van der Waals surface area contributed by atoms with E-state index in [4.69, 9.17) is 9.47 Å². The van der Waals surface area contributed by atoms with Crippen LogP contribution in [0.2, 0.25) is 0 Å². The first-order valence-electron chi connectivity index (χ1n) is 8.36. The molecule has 0 aromatic heterocycles. The first kappa shape index (κ1) is 12.7. The molecule has 0 radical (unpaired) electrons. The Morgan fingerprint density at radius 1 is 0.600 bits per heavy atom. The highest BCUT2D eigenvalue weighted by atomic mass is 16.5. The van der Waals surface area contributed by atoms with E-state index >= 15 is 0 Å². The molecular formula is C16H26N2O2. The van der Waals surface area contributed by atoms with E-state index in [1.54, 1.807) is 0 Å². The van der Waals surface area contributed by atoms with Gasteiger partial charge in [0.25, 0.3) is 0 Å². The summed E-state index contributed by atoms with van der Waals surface area (Å²) in [4.78, 5) is 0. The van der Waals surface area contributed by atoms with Crippen molar-refractivity contribution in [2.75, 3.05) is 13.2 Å². The van der Waals surface area contributed by atoms with E-state index in [0.717, 1.165) is 25.0 Å². The predicted molar refractivity (Wildman–Crippen MR) is 76.8 cm³/mol. The van der Waals surface area contributed by atoms with Crippen molar-refractivity contribution in [1.29, 1.82) is 0 Å². The number of rotatable bonds is 0. The standard InChI is InChI=1S/C16H26N2O2/c1-3-7-15(8-4-1)11-19-13(17-15)14-18-16(12-20-14)9-5-2-6-10-16/h17-18H,1-12H2/b14-13-. The Kier molecular flexibility index (Phi) is 3.00. The van der Waals surface area contributed by atoms with Gasteiger partial charge in [-0.1, -0.05) is 38.5 Å². The molecule has 0 bridgehead atoms. The Morgan fingerprint density at radius 3 is 1.40 bits per heavy atom. The number of hydrogen-bond acceptors (Lipinski definition) is 4. The van der Waals surface area contributed by atoms with Gasteiger partial charge in [-0.25, -0.2) is 0 Å². The van der Waals surface area contributed by atoms with E-state index in [2.05, 4.69) is 10.6 Å². The fourth-order valence-corrected chi connectivity index (χ4v) is 4.29. The number of hydrogen-bond donors (Lipinski definition) is 2. The molecule has 2 heterocycles. The van der Waals surface area contributed by atoms with Gasteiger partial charge in [-0.3, -0.25) is 0 Å². The van der Waals surface area contributed by atoms with Crippen LogP contribution in [0.5, 0.6) is 0 Å². The van der Waals surface area contributed by atoms with Crippen molar-refractivity contribution in [3.05, 3.63) is 11.8 Å². The van der Waals surface area contributed by atoms with Gasteiger partial charge in [0.15, 0.2) is 0 Å². The zero-order chi connectivity index (χ0) is 13.5. The van der Waals surface area contributed by atoms with Crippen molar-refractivity contribution in [1.82, 2.24) is 10.6 Å². The van der Waals surface area contributed by atoms with E-state index < -0.39 is 0 Å². The van der Waals surface area contributed by atoms with Gasteiger partial charge >= 0.3 is 0 Å². The van der Waals surface area contributed by atoms with E-state index in [1.165, 1.54) is 64.2 Å². The average Bonchev–Trinajstić information content (AvgIpc) is 3.07. The van der Waals surface area contributed by atoms with Crippen LogP contribution in [0.3, 0.4) is 0 Å². The number of nitrogens with one attached hydrogen (secondary N) is 2. The maximum absolute atomic E-state index is 5.95. The first-order chi connectivity index (χ1) is 9.79. The summed E-state index contributed by atoms with van der Waals surface area (Å²) in [6, 6.07) is 0. The second-order valence-corrected chi connectivity index (χ2v) is 7.17. The van der Waals surface area contributed by atoms with E-state index in [9.17, 15) is 0 Å². The van der Waals surface area contributed by atoms with Crippen LogP contribution in [0.25, 0.3) is 0 Å². The van der Waals surface area contributed by atoms with Crippen molar-refractivity contribution < 1.29 is 9.47 Å². The largest absolute Gasteiger partial charge is 0.473 e. The highest BCUT2D eigenvalue weighted by Gasteiger charge is 2.44. The minimum atomic E-state index is 0.188. The predicted octanol–water partition coefficient (Wildman–Crippen LogP) is 2.76. The van der Waals surface area contributed by atoms with Gasteiger partial charge in [0.1, 0.15) is 13.2 Å². The molecule has 4 fully saturated rings. The summed E-state index contributed by atoms with van der Waals surface area (Å²) in [6.45, 7) is 1.62. The van der Waals surface area contributed by atoms with Crippen LogP contribution in [-0.2, 0) is 9.47 Å². The third-order valence-electron chi connectivity index (χ3n) is 5.57. The van der Waals surface area contributed by atoms with E-state index in [0.29, 0.717) is 0 Å². The van der Waals surface area contributed by atoms with Crippen molar-refractivity contribution in [2.24, 2.45) is 0 Å². The second kappa shape index (κ2) is 4.74.